The molecule has 0 spiro atoms. The van der Waals surface area contributed by atoms with Gasteiger partial charge in [0.1, 0.15) is 5.78 Å². The molecule has 0 radical (unpaired) electrons. The lowest BCUT2D eigenvalue weighted by atomic mass is 9.78. The van der Waals surface area contributed by atoms with E-state index in [1.165, 1.54) is 11.3 Å². The molecule has 0 amide bonds. The predicted octanol–water partition coefficient (Wildman–Crippen LogP) is 5.94. The maximum absolute atomic E-state index is 12.3. The first-order valence-corrected chi connectivity index (χ1v) is 11.8. The van der Waals surface area contributed by atoms with Crippen LogP contribution in [0, 0.1) is 11.8 Å². The van der Waals surface area contributed by atoms with Crippen LogP contribution in [0.4, 0.5) is 26.3 Å². The van der Waals surface area contributed by atoms with Crippen LogP contribution in [0.2, 0.25) is 0 Å². The molecule has 0 atom stereocenters. The van der Waals surface area contributed by atoms with E-state index in [4.69, 9.17) is 4.74 Å². The summed E-state index contributed by atoms with van der Waals surface area (Å²) in [4.78, 5) is 19.2. The summed E-state index contributed by atoms with van der Waals surface area (Å²) in [5, 5.41) is 0.0669. The van der Waals surface area contributed by atoms with E-state index in [0.29, 0.717) is 12.5 Å². The van der Waals surface area contributed by atoms with E-state index in [0.717, 1.165) is 62.2 Å². The van der Waals surface area contributed by atoms with Gasteiger partial charge in [-0.05, 0) is 44.1 Å². The number of hydrogen-bond acceptors (Lipinski definition) is 5. The maximum Gasteiger partial charge on any atom is 0.422 e. The maximum atomic E-state index is 12.3. The summed E-state index contributed by atoms with van der Waals surface area (Å²) >= 11 is 1.18. The molecule has 1 aromatic rings. The number of nitrogens with zero attached hydrogens (tertiary/aromatic N) is 2. The largest absolute Gasteiger partial charge is 0.460 e. The zero-order chi connectivity index (χ0) is 23.4. The van der Waals surface area contributed by atoms with E-state index in [1.54, 1.807) is 0 Å². The van der Waals surface area contributed by atoms with Crippen molar-refractivity contribution in [3.63, 3.8) is 0 Å². The molecule has 0 bridgehead atoms. The van der Waals surface area contributed by atoms with E-state index in [1.807, 2.05) is 0 Å². The zero-order valence-electron chi connectivity index (χ0n) is 17.7. The van der Waals surface area contributed by atoms with Crippen LogP contribution in [-0.4, -0.2) is 47.7 Å². The lowest BCUT2D eigenvalue weighted by molar-refractivity contribution is -0.153. The van der Waals surface area contributed by atoms with Crippen molar-refractivity contribution in [1.29, 1.82) is 0 Å². The molecule has 1 fully saturated rings. The minimum absolute atomic E-state index is 0.0669. The molecule has 2 heterocycles. The number of alkyl halides is 6. The summed E-state index contributed by atoms with van der Waals surface area (Å²) in [7, 11) is 0. The Bertz CT molecular complexity index is 756. The van der Waals surface area contributed by atoms with Crippen LogP contribution in [0.1, 0.15) is 61.9 Å². The molecule has 4 nitrogen and oxygen atoms in total. The summed E-state index contributed by atoms with van der Waals surface area (Å²) in [5.41, 5.74) is 0.791. The quantitative estimate of drug-likeness (QED) is 0.405. The molecular weight excluding hydrogens is 458 g/mol. The number of ketones is 1. The van der Waals surface area contributed by atoms with Gasteiger partial charge in [-0.1, -0.05) is 24.2 Å². The highest BCUT2D eigenvalue weighted by molar-refractivity contribution is 7.13. The SMILES string of the molecule is O=C(CCC(F)(F)F)CC1CCC(CCN2CCc3sc(OCC(F)(F)F)nc3C2)CC1. The van der Waals surface area contributed by atoms with Gasteiger partial charge in [0.15, 0.2) is 6.61 Å². The summed E-state index contributed by atoms with van der Waals surface area (Å²) in [5.74, 6) is 0.422. The molecule has 0 unspecified atom stereocenters. The number of hydrogen-bond donors (Lipinski definition) is 0. The number of carbonyl (C=O) groups is 1. The first kappa shape index (κ1) is 25.3. The Balaban J connectivity index is 1.34. The molecule has 0 aromatic carbocycles. The highest BCUT2D eigenvalue weighted by atomic mass is 32.1. The first-order chi connectivity index (χ1) is 15.0. The number of aromatic nitrogens is 1. The average Bonchev–Trinajstić information content (AvgIpc) is 3.12. The van der Waals surface area contributed by atoms with Crippen LogP contribution in [0.3, 0.4) is 0 Å². The number of carbonyl (C=O) groups excluding carboxylic acids is 1. The molecular formula is C21H28F6N2O2S. The van der Waals surface area contributed by atoms with Gasteiger partial charge >= 0.3 is 12.4 Å². The molecule has 0 N–H and O–H groups in total. The van der Waals surface area contributed by atoms with Gasteiger partial charge in [0.25, 0.3) is 5.19 Å². The Morgan fingerprint density at radius 1 is 1.06 bits per heavy atom. The van der Waals surface area contributed by atoms with Crippen molar-refractivity contribution >= 4 is 17.1 Å². The van der Waals surface area contributed by atoms with Gasteiger partial charge in [-0.25, -0.2) is 4.98 Å². The van der Waals surface area contributed by atoms with Gasteiger partial charge in [0.05, 0.1) is 12.1 Å². The second kappa shape index (κ2) is 10.7. The van der Waals surface area contributed by atoms with Crippen LogP contribution in [-0.2, 0) is 17.8 Å². The van der Waals surface area contributed by atoms with Crippen molar-refractivity contribution in [1.82, 2.24) is 9.88 Å². The topological polar surface area (TPSA) is 42.4 Å². The molecule has 1 saturated carbocycles. The van der Waals surface area contributed by atoms with E-state index in [-0.39, 0.29) is 23.3 Å². The Hall–Kier alpha value is -1.36. The highest BCUT2D eigenvalue weighted by Crippen LogP contribution is 2.35. The number of halogens is 6. The molecule has 1 aliphatic carbocycles. The van der Waals surface area contributed by atoms with E-state index >= 15 is 0 Å². The van der Waals surface area contributed by atoms with Crippen LogP contribution in [0.15, 0.2) is 0 Å². The van der Waals surface area contributed by atoms with Crippen LogP contribution in [0.5, 0.6) is 5.19 Å². The van der Waals surface area contributed by atoms with Gasteiger partial charge in [-0.15, -0.1) is 0 Å². The average molecular weight is 487 g/mol. The molecule has 1 aromatic heterocycles. The minimum Gasteiger partial charge on any atom is -0.460 e. The molecule has 3 rings (SSSR count). The van der Waals surface area contributed by atoms with Crippen molar-refractivity contribution in [2.75, 3.05) is 19.7 Å². The summed E-state index contributed by atoms with van der Waals surface area (Å²) in [6.45, 7) is 0.969. The summed E-state index contributed by atoms with van der Waals surface area (Å²) in [6.07, 6.45) is -4.43. The molecule has 2 aliphatic rings. The van der Waals surface area contributed by atoms with Crippen molar-refractivity contribution in [2.45, 2.75) is 76.7 Å². The Morgan fingerprint density at radius 2 is 1.75 bits per heavy atom. The number of Topliss-reactive ketones (excluding diaryl/α,β-unsaturated/α-hetero) is 1. The fourth-order valence-corrected chi connectivity index (χ4v) is 5.33. The third kappa shape index (κ3) is 8.53. The molecule has 182 valence electrons. The van der Waals surface area contributed by atoms with E-state index < -0.39 is 31.8 Å². The Labute approximate surface area is 187 Å². The van der Waals surface area contributed by atoms with E-state index in [9.17, 15) is 31.1 Å². The number of ether oxygens (including phenoxy) is 1. The standard InChI is InChI=1S/C21H28F6N2O2S/c22-20(23,24)8-5-16(30)11-15-3-1-14(2-4-15)6-9-29-10-7-18-17(12-29)28-19(32-18)31-13-21(25,26)27/h14-15H,1-13H2. The fourth-order valence-electron chi connectivity index (χ4n) is 4.42. The third-order valence-electron chi connectivity index (χ3n) is 6.17. The molecule has 1 aliphatic heterocycles. The number of rotatable bonds is 9. The summed E-state index contributed by atoms with van der Waals surface area (Å²) < 4.78 is 78.4. The second-order valence-corrected chi connectivity index (χ2v) is 9.86. The highest BCUT2D eigenvalue weighted by Gasteiger charge is 2.31. The second-order valence-electron chi connectivity index (χ2n) is 8.81. The van der Waals surface area contributed by atoms with Crippen LogP contribution >= 0.6 is 11.3 Å². The number of thiazole rings is 1. The van der Waals surface area contributed by atoms with Crippen molar-refractivity contribution in [3.05, 3.63) is 10.6 Å². The molecule has 0 saturated heterocycles. The Kier molecular flexibility index (Phi) is 8.46. The first-order valence-electron chi connectivity index (χ1n) is 11.0. The van der Waals surface area contributed by atoms with Gasteiger partial charge in [0, 0.05) is 30.8 Å². The lowest BCUT2D eigenvalue weighted by Gasteiger charge is -2.31. The smallest absolute Gasteiger partial charge is 0.422 e. The van der Waals surface area contributed by atoms with Crippen molar-refractivity contribution in [3.8, 4) is 5.19 Å². The third-order valence-corrected chi connectivity index (χ3v) is 7.24. The van der Waals surface area contributed by atoms with E-state index in [2.05, 4.69) is 9.88 Å². The minimum atomic E-state index is -4.38. The fraction of sp³-hybridized carbons (Fsp3) is 0.810. The monoisotopic (exact) mass is 486 g/mol. The number of fused-ring (bicyclic) bond motifs is 1. The Morgan fingerprint density at radius 3 is 2.41 bits per heavy atom. The van der Waals surface area contributed by atoms with Crippen molar-refractivity contribution in [2.24, 2.45) is 11.8 Å². The van der Waals surface area contributed by atoms with Gasteiger partial charge in [-0.2, -0.15) is 26.3 Å². The van der Waals surface area contributed by atoms with Gasteiger partial charge in [0.2, 0.25) is 0 Å². The zero-order valence-corrected chi connectivity index (χ0v) is 18.6. The van der Waals surface area contributed by atoms with Crippen LogP contribution in [0.25, 0.3) is 0 Å². The summed E-state index contributed by atoms with van der Waals surface area (Å²) in [6, 6.07) is 0. The lowest BCUT2D eigenvalue weighted by Crippen LogP contribution is -2.32. The van der Waals surface area contributed by atoms with Gasteiger partial charge in [-0.3, -0.25) is 9.69 Å². The normalized spacial score (nSPS) is 22.6. The van der Waals surface area contributed by atoms with Crippen molar-refractivity contribution < 1.29 is 35.9 Å². The van der Waals surface area contributed by atoms with Gasteiger partial charge < -0.3 is 4.74 Å². The van der Waals surface area contributed by atoms with Crippen LogP contribution < -0.4 is 4.74 Å². The molecule has 11 heteroatoms. The predicted molar refractivity (Wildman–Crippen MR) is 108 cm³/mol. The molecule has 32 heavy (non-hydrogen) atoms.